The minimum atomic E-state index is 0.372. The van der Waals surface area contributed by atoms with Crippen LogP contribution in [0.1, 0.15) is 30.4 Å². The van der Waals surface area contributed by atoms with Crippen molar-refractivity contribution in [2.75, 3.05) is 7.11 Å². The molecule has 2 atom stereocenters. The molecule has 102 valence electrons. The van der Waals surface area contributed by atoms with E-state index in [4.69, 9.17) is 10.5 Å². The van der Waals surface area contributed by atoms with Gasteiger partial charge in [-0.15, -0.1) is 0 Å². The van der Waals surface area contributed by atoms with Crippen molar-refractivity contribution in [3.8, 4) is 5.75 Å². The number of rotatable bonds is 3. The number of hydrogen-bond acceptors (Lipinski definition) is 2. The highest BCUT2D eigenvalue weighted by Crippen LogP contribution is 2.32. The summed E-state index contributed by atoms with van der Waals surface area (Å²) in [4.78, 5) is 3.40. The first-order valence-electron chi connectivity index (χ1n) is 7.09. The lowest BCUT2D eigenvalue weighted by Gasteiger charge is -2.14. The zero-order chi connectivity index (χ0) is 13.4. The molecule has 19 heavy (non-hydrogen) atoms. The molecule has 0 bridgehead atoms. The third-order valence-electron chi connectivity index (χ3n) is 4.48. The summed E-state index contributed by atoms with van der Waals surface area (Å²) in [5, 5.41) is 1.29. The maximum Gasteiger partial charge on any atom is 0.119 e. The number of benzene rings is 1. The molecule has 1 saturated carbocycles. The fourth-order valence-electron chi connectivity index (χ4n) is 3.32. The Hall–Kier alpha value is -1.48. The van der Waals surface area contributed by atoms with Gasteiger partial charge in [0.15, 0.2) is 0 Å². The molecule has 0 spiro atoms. The molecular weight excluding hydrogens is 236 g/mol. The number of nitrogens with one attached hydrogen (secondary N) is 1. The lowest BCUT2D eigenvalue weighted by molar-refractivity contribution is 0.415. The first kappa shape index (κ1) is 12.5. The Kier molecular flexibility index (Phi) is 3.23. The van der Waals surface area contributed by atoms with Gasteiger partial charge in [-0.05, 0) is 55.4 Å². The minimum Gasteiger partial charge on any atom is -0.497 e. The topological polar surface area (TPSA) is 51.0 Å². The van der Waals surface area contributed by atoms with E-state index in [1.54, 1.807) is 7.11 Å². The highest BCUT2D eigenvalue weighted by atomic mass is 16.5. The zero-order valence-corrected chi connectivity index (χ0v) is 11.7. The average Bonchev–Trinajstić information content (AvgIpc) is 2.98. The van der Waals surface area contributed by atoms with E-state index in [9.17, 15) is 0 Å². The molecule has 1 aromatic heterocycles. The molecule has 1 aromatic carbocycles. The van der Waals surface area contributed by atoms with Gasteiger partial charge in [0.1, 0.15) is 5.75 Å². The predicted octanol–water partition coefficient (Wildman–Crippen LogP) is 3.15. The van der Waals surface area contributed by atoms with Gasteiger partial charge in [0.05, 0.1) is 7.11 Å². The van der Waals surface area contributed by atoms with Crippen molar-refractivity contribution in [1.82, 2.24) is 4.98 Å². The summed E-state index contributed by atoms with van der Waals surface area (Å²) >= 11 is 0. The van der Waals surface area contributed by atoms with Crippen molar-refractivity contribution in [2.45, 2.75) is 38.6 Å². The number of hydrogen-bond donors (Lipinski definition) is 2. The van der Waals surface area contributed by atoms with E-state index >= 15 is 0 Å². The number of H-pyrrole nitrogens is 1. The Morgan fingerprint density at radius 3 is 2.89 bits per heavy atom. The van der Waals surface area contributed by atoms with E-state index in [2.05, 4.69) is 30.2 Å². The number of fused-ring (bicyclic) bond motifs is 1. The van der Waals surface area contributed by atoms with Crippen LogP contribution in [-0.2, 0) is 6.42 Å². The molecule has 2 aromatic rings. The first-order valence-corrected chi connectivity index (χ1v) is 7.09. The van der Waals surface area contributed by atoms with Crippen LogP contribution in [0, 0.1) is 12.8 Å². The van der Waals surface area contributed by atoms with E-state index in [1.807, 2.05) is 0 Å². The van der Waals surface area contributed by atoms with Crippen LogP contribution in [-0.4, -0.2) is 18.1 Å². The predicted molar refractivity (Wildman–Crippen MR) is 78.6 cm³/mol. The first-order chi connectivity index (χ1) is 9.19. The molecule has 1 aliphatic rings. The summed E-state index contributed by atoms with van der Waals surface area (Å²) in [6.45, 7) is 2.12. The van der Waals surface area contributed by atoms with Gasteiger partial charge in [0.25, 0.3) is 0 Å². The quantitative estimate of drug-likeness (QED) is 0.888. The second-order valence-electron chi connectivity index (χ2n) is 5.74. The Labute approximate surface area is 114 Å². The molecule has 1 aliphatic carbocycles. The second kappa shape index (κ2) is 4.89. The molecule has 0 radical (unpaired) electrons. The van der Waals surface area contributed by atoms with Crippen molar-refractivity contribution in [2.24, 2.45) is 11.7 Å². The minimum absolute atomic E-state index is 0.372. The second-order valence-corrected chi connectivity index (χ2v) is 5.74. The number of nitrogens with two attached hydrogens (primary N) is 1. The molecule has 1 heterocycles. The summed E-state index contributed by atoms with van der Waals surface area (Å²) in [6.07, 6.45) is 6.93. The number of aryl methyl sites for hydroxylation is 1. The van der Waals surface area contributed by atoms with Gasteiger partial charge in [-0.1, -0.05) is 6.42 Å². The molecule has 1 fully saturated rings. The fourth-order valence-corrected chi connectivity index (χ4v) is 3.32. The SMILES string of the molecule is COc1cc(C)c2[nH]cc(CC3CCCC3N)c2c1. The van der Waals surface area contributed by atoms with Crippen LogP contribution < -0.4 is 10.5 Å². The van der Waals surface area contributed by atoms with Gasteiger partial charge >= 0.3 is 0 Å². The highest BCUT2D eigenvalue weighted by molar-refractivity contribution is 5.87. The van der Waals surface area contributed by atoms with E-state index in [0.29, 0.717) is 12.0 Å². The summed E-state index contributed by atoms with van der Waals surface area (Å²) in [7, 11) is 1.72. The zero-order valence-electron chi connectivity index (χ0n) is 11.7. The van der Waals surface area contributed by atoms with E-state index in [-0.39, 0.29) is 0 Å². The number of ether oxygens (including phenoxy) is 1. The monoisotopic (exact) mass is 258 g/mol. The maximum absolute atomic E-state index is 6.19. The van der Waals surface area contributed by atoms with Gasteiger partial charge in [-0.3, -0.25) is 0 Å². The summed E-state index contributed by atoms with van der Waals surface area (Å²) in [5.74, 6) is 1.56. The van der Waals surface area contributed by atoms with E-state index in [0.717, 1.165) is 12.2 Å². The molecule has 0 amide bonds. The van der Waals surface area contributed by atoms with Crippen LogP contribution in [0.4, 0.5) is 0 Å². The number of aromatic amines is 1. The smallest absolute Gasteiger partial charge is 0.119 e. The molecule has 2 unspecified atom stereocenters. The van der Waals surface area contributed by atoms with Crippen molar-refractivity contribution < 1.29 is 4.74 Å². The van der Waals surface area contributed by atoms with Crippen LogP contribution in [0.25, 0.3) is 10.9 Å². The van der Waals surface area contributed by atoms with Crippen LogP contribution in [0.15, 0.2) is 18.3 Å². The largest absolute Gasteiger partial charge is 0.497 e. The van der Waals surface area contributed by atoms with Crippen molar-refractivity contribution in [3.63, 3.8) is 0 Å². The normalized spacial score (nSPS) is 23.1. The summed E-state index contributed by atoms with van der Waals surface area (Å²) < 4.78 is 5.38. The number of methoxy groups -OCH3 is 1. The molecule has 3 heteroatoms. The van der Waals surface area contributed by atoms with Crippen LogP contribution in [0.5, 0.6) is 5.75 Å². The fraction of sp³-hybridized carbons (Fsp3) is 0.500. The van der Waals surface area contributed by atoms with Gasteiger partial charge in [-0.25, -0.2) is 0 Å². The molecule has 3 N–H and O–H groups in total. The Morgan fingerprint density at radius 1 is 1.37 bits per heavy atom. The van der Waals surface area contributed by atoms with Gasteiger partial charge in [0, 0.05) is 23.1 Å². The van der Waals surface area contributed by atoms with Gasteiger partial charge < -0.3 is 15.5 Å². The van der Waals surface area contributed by atoms with Crippen molar-refractivity contribution in [1.29, 1.82) is 0 Å². The number of aromatic nitrogens is 1. The van der Waals surface area contributed by atoms with Crippen LogP contribution in [0.2, 0.25) is 0 Å². The summed E-state index contributed by atoms with van der Waals surface area (Å²) in [5.41, 5.74) is 10.0. The maximum atomic E-state index is 6.19. The highest BCUT2D eigenvalue weighted by Gasteiger charge is 2.25. The third-order valence-corrected chi connectivity index (χ3v) is 4.48. The van der Waals surface area contributed by atoms with Crippen LogP contribution >= 0.6 is 0 Å². The van der Waals surface area contributed by atoms with Gasteiger partial charge in [-0.2, -0.15) is 0 Å². The average molecular weight is 258 g/mol. The Morgan fingerprint density at radius 2 is 2.21 bits per heavy atom. The lowest BCUT2D eigenvalue weighted by Crippen LogP contribution is -2.25. The van der Waals surface area contributed by atoms with Crippen LogP contribution in [0.3, 0.4) is 0 Å². The molecule has 0 aliphatic heterocycles. The van der Waals surface area contributed by atoms with E-state index < -0.39 is 0 Å². The summed E-state index contributed by atoms with van der Waals surface area (Å²) in [6, 6.07) is 4.58. The molecule has 3 rings (SSSR count). The lowest BCUT2D eigenvalue weighted by atomic mass is 9.94. The molecule has 3 nitrogen and oxygen atoms in total. The van der Waals surface area contributed by atoms with Crippen molar-refractivity contribution in [3.05, 3.63) is 29.5 Å². The molecular formula is C16H22N2O. The molecule has 0 saturated heterocycles. The third kappa shape index (κ3) is 2.23. The Balaban J connectivity index is 1.97. The Bertz CT molecular complexity index is 588. The van der Waals surface area contributed by atoms with E-state index in [1.165, 1.54) is 41.3 Å². The van der Waals surface area contributed by atoms with Crippen molar-refractivity contribution >= 4 is 10.9 Å². The van der Waals surface area contributed by atoms with Gasteiger partial charge in [0.2, 0.25) is 0 Å². The standard InChI is InChI=1S/C16H22N2O/c1-10-6-13(19-2)8-14-12(9-18-16(10)14)7-11-4-3-5-15(11)17/h6,8-9,11,15,18H,3-5,7,17H2,1-2H3.